The second kappa shape index (κ2) is 7.69. The lowest BCUT2D eigenvalue weighted by Crippen LogP contribution is -1.98. The molecule has 1 aliphatic carbocycles. The summed E-state index contributed by atoms with van der Waals surface area (Å²) >= 11 is 3.66. The van der Waals surface area contributed by atoms with E-state index in [1.807, 2.05) is 17.5 Å². The third kappa shape index (κ3) is 2.83. The van der Waals surface area contributed by atoms with Crippen LogP contribution in [0.25, 0.3) is 75.3 Å². The lowest BCUT2D eigenvalue weighted by atomic mass is 9.85. The largest absolute Gasteiger partial charge is 0.244 e. The zero-order valence-corrected chi connectivity index (χ0v) is 20.7. The molecule has 168 valence electrons. The van der Waals surface area contributed by atoms with Gasteiger partial charge in [-0.2, -0.15) is 0 Å². The second-order valence-electron chi connectivity index (χ2n) is 9.03. The van der Waals surface area contributed by atoms with Crippen molar-refractivity contribution in [3.63, 3.8) is 0 Å². The molecule has 0 unspecified atom stereocenters. The summed E-state index contributed by atoms with van der Waals surface area (Å²) in [6.45, 7) is 0. The molecule has 0 atom stereocenters. The van der Waals surface area contributed by atoms with E-state index < -0.39 is 0 Å². The van der Waals surface area contributed by atoms with Crippen LogP contribution in [0.15, 0.2) is 109 Å². The molecule has 0 spiro atoms. The minimum atomic E-state index is 0.989. The van der Waals surface area contributed by atoms with E-state index in [4.69, 9.17) is 4.98 Å². The molecule has 4 heteroatoms. The Hall–Kier alpha value is -4.12. The summed E-state index contributed by atoms with van der Waals surface area (Å²) in [4.78, 5) is 10.4. The van der Waals surface area contributed by atoms with Crippen molar-refractivity contribution in [3.05, 3.63) is 109 Å². The van der Waals surface area contributed by atoms with E-state index in [1.165, 1.54) is 58.4 Å². The van der Waals surface area contributed by atoms with Crippen LogP contribution in [0.3, 0.4) is 0 Å². The highest BCUT2D eigenvalue weighted by molar-refractivity contribution is 7.26. The zero-order valence-electron chi connectivity index (χ0n) is 19.1. The molecule has 0 N–H and O–H groups in total. The molecular formula is C32H18N2S2. The summed E-state index contributed by atoms with van der Waals surface area (Å²) in [6.07, 6.45) is 3.61. The Kier molecular flexibility index (Phi) is 4.30. The van der Waals surface area contributed by atoms with Crippen LogP contribution >= 0.6 is 22.7 Å². The second-order valence-corrected chi connectivity index (χ2v) is 11.0. The van der Waals surface area contributed by atoms with Gasteiger partial charge >= 0.3 is 0 Å². The van der Waals surface area contributed by atoms with E-state index in [1.54, 1.807) is 17.7 Å². The zero-order chi connectivity index (χ0) is 23.6. The maximum absolute atomic E-state index is 4.75. The molecule has 0 bridgehead atoms. The van der Waals surface area contributed by atoms with Crippen molar-refractivity contribution in [1.82, 2.24) is 9.97 Å². The van der Waals surface area contributed by atoms with Crippen molar-refractivity contribution >= 4 is 42.8 Å². The standard InChI is InChI=1S/C32H18N2S2/c1-2-8-23-21(6-1)27-16-19(20-9-5-10-24-22-7-3-4-11-29(22)36-32(20)24)12-13-25(27)31-26(14-15-35-31)28-17-33-18-34-30(23)28/h1-18H. The normalized spacial score (nSPS) is 11.9. The molecule has 7 aromatic rings. The Morgan fingerprint density at radius 3 is 2.39 bits per heavy atom. The Bertz CT molecular complexity index is 1960. The summed E-state index contributed by atoms with van der Waals surface area (Å²) in [7, 11) is 0. The molecule has 0 radical (unpaired) electrons. The van der Waals surface area contributed by atoms with Gasteiger partial charge < -0.3 is 0 Å². The maximum atomic E-state index is 4.75. The number of nitrogens with zero attached hydrogens (tertiary/aromatic N) is 2. The van der Waals surface area contributed by atoms with Crippen molar-refractivity contribution in [2.45, 2.75) is 0 Å². The van der Waals surface area contributed by atoms with Gasteiger partial charge in [0.25, 0.3) is 0 Å². The Morgan fingerprint density at radius 2 is 1.42 bits per heavy atom. The SMILES string of the molecule is c1ccc2c(c1)-c1cc(-c3cccc4c3sc3ccccc34)ccc1-c1sccc1-c1cncnc1-2. The number of fused-ring (bicyclic) bond motifs is 11. The van der Waals surface area contributed by atoms with Gasteiger partial charge in [-0.1, -0.05) is 72.8 Å². The van der Waals surface area contributed by atoms with E-state index in [2.05, 4.69) is 101 Å². The predicted molar refractivity (Wildman–Crippen MR) is 154 cm³/mol. The molecule has 2 nitrogen and oxygen atoms in total. The average Bonchev–Trinajstić information content (AvgIpc) is 3.57. The fourth-order valence-corrected chi connectivity index (χ4v) is 7.69. The van der Waals surface area contributed by atoms with Crippen LogP contribution < -0.4 is 0 Å². The lowest BCUT2D eigenvalue weighted by Gasteiger charge is -2.20. The molecule has 0 amide bonds. The highest BCUT2D eigenvalue weighted by Crippen LogP contribution is 2.50. The van der Waals surface area contributed by atoms with Crippen LogP contribution in [0, 0.1) is 0 Å². The van der Waals surface area contributed by atoms with Gasteiger partial charge in [-0.15, -0.1) is 22.7 Å². The first-order valence-electron chi connectivity index (χ1n) is 11.9. The molecule has 8 rings (SSSR count). The highest BCUT2D eigenvalue weighted by atomic mass is 32.1. The highest BCUT2D eigenvalue weighted by Gasteiger charge is 2.24. The van der Waals surface area contributed by atoms with E-state index in [-0.39, 0.29) is 0 Å². The molecule has 4 aromatic carbocycles. The van der Waals surface area contributed by atoms with E-state index in [9.17, 15) is 0 Å². The van der Waals surface area contributed by atoms with Crippen molar-refractivity contribution in [3.8, 4) is 55.1 Å². The number of rotatable bonds is 1. The van der Waals surface area contributed by atoms with Crippen LogP contribution in [0.1, 0.15) is 0 Å². The van der Waals surface area contributed by atoms with Crippen LogP contribution in [0.5, 0.6) is 0 Å². The number of hydrogen-bond donors (Lipinski definition) is 0. The summed E-state index contributed by atoms with van der Waals surface area (Å²) in [5.74, 6) is 0. The Balaban J connectivity index is 1.44. The van der Waals surface area contributed by atoms with Gasteiger partial charge in [-0.25, -0.2) is 9.97 Å². The molecule has 0 saturated carbocycles. The summed E-state index contributed by atoms with van der Waals surface area (Å²) in [5.41, 5.74) is 10.7. The third-order valence-corrected chi connectivity index (χ3v) is 9.29. The summed E-state index contributed by atoms with van der Waals surface area (Å²) < 4.78 is 2.67. The lowest BCUT2D eigenvalue weighted by molar-refractivity contribution is 1.17. The van der Waals surface area contributed by atoms with Crippen molar-refractivity contribution in [1.29, 1.82) is 0 Å². The molecule has 3 aromatic heterocycles. The van der Waals surface area contributed by atoms with Gasteiger partial charge in [-0.05, 0) is 45.8 Å². The first-order chi connectivity index (χ1) is 17.9. The fraction of sp³-hybridized carbons (Fsp3) is 0. The molecule has 3 heterocycles. The predicted octanol–water partition coefficient (Wildman–Crippen LogP) is 9.55. The first-order valence-corrected chi connectivity index (χ1v) is 13.6. The minimum absolute atomic E-state index is 0.989. The van der Waals surface area contributed by atoms with E-state index >= 15 is 0 Å². The van der Waals surface area contributed by atoms with Crippen LogP contribution in [0.4, 0.5) is 0 Å². The number of benzene rings is 4. The maximum Gasteiger partial charge on any atom is 0.116 e. The topological polar surface area (TPSA) is 25.8 Å². The quantitative estimate of drug-likeness (QED) is 0.227. The van der Waals surface area contributed by atoms with Gasteiger partial charge in [-0.3, -0.25) is 0 Å². The molecule has 0 fully saturated rings. The van der Waals surface area contributed by atoms with Crippen molar-refractivity contribution < 1.29 is 0 Å². The molecule has 36 heavy (non-hydrogen) atoms. The van der Waals surface area contributed by atoms with Crippen molar-refractivity contribution in [2.75, 3.05) is 0 Å². The Morgan fingerprint density at radius 1 is 0.583 bits per heavy atom. The van der Waals surface area contributed by atoms with Crippen LogP contribution in [0.2, 0.25) is 0 Å². The van der Waals surface area contributed by atoms with Gasteiger partial charge in [0.2, 0.25) is 0 Å². The summed E-state index contributed by atoms with van der Waals surface area (Å²) in [6, 6.07) is 33.2. The molecule has 0 saturated heterocycles. The van der Waals surface area contributed by atoms with Gasteiger partial charge in [0, 0.05) is 53.5 Å². The van der Waals surface area contributed by atoms with Crippen LogP contribution in [-0.2, 0) is 0 Å². The monoisotopic (exact) mass is 494 g/mol. The average molecular weight is 495 g/mol. The molecule has 1 aliphatic rings. The van der Waals surface area contributed by atoms with Gasteiger partial charge in [0.1, 0.15) is 6.33 Å². The molecular weight excluding hydrogens is 477 g/mol. The number of aromatic nitrogens is 2. The van der Waals surface area contributed by atoms with Gasteiger partial charge in [0.05, 0.1) is 5.69 Å². The molecule has 0 aliphatic heterocycles. The smallest absolute Gasteiger partial charge is 0.116 e. The Labute approximate surface area is 216 Å². The number of thiophene rings is 2. The van der Waals surface area contributed by atoms with E-state index in [0.717, 1.165) is 16.8 Å². The van der Waals surface area contributed by atoms with Gasteiger partial charge in [0.15, 0.2) is 0 Å². The minimum Gasteiger partial charge on any atom is -0.244 e. The van der Waals surface area contributed by atoms with Crippen molar-refractivity contribution in [2.24, 2.45) is 0 Å². The van der Waals surface area contributed by atoms with Crippen LogP contribution in [-0.4, -0.2) is 9.97 Å². The first kappa shape index (κ1) is 20.1. The number of hydrogen-bond acceptors (Lipinski definition) is 4. The van der Waals surface area contributed by atoms with E-state index in [0.29, 0.717) is 0 Å². The summed E-state index contributed by atoms with van der Waals surface area (Å²) in [5, 5.41) is 4.83. The fourth-order valence-electron chi connectivity index (χ4n) is 5.50. The third-order valence-electron chi connectivity index (χ3n) is 7.12.